The predicted molar refractivity (Wildman–Crippen MR) is 137 cm³/mol. The van der Waals surface area contributed by atoms with Gasteiger partial charge in [-0.25, -0.2) is 18.7 Å². The van der Waals surface area contributed by atoms with Crippen LogP contribution < -0.4 is 10.2 Å². The average Bonchev–Trinajstić information content (AvgIpc) is 3.60. The maximum Gasteiger partial charge on any atom is 0.278 e. The number of pyridine rings is 1. The highest BCUT2D eigenvalue weighted by atomic mass is 35.5. The minimum Gasteiger partial charge on any atom is -0.380 e. The third kappa shape index (κ3) is 4.49. The van der Waals surface area contributed by atoms with Gasteiger partial charge in [-0.3, -0.25) is 10.1 Å². The summed E-state index contributed by atoms with van der Waals surface area (Å²) in [6, 6.07) is 11.1. The number of fused-ring (bicyclic) bond motifs is 2. The second-order valence-electron chi connectivity index (χ2n) is 8.92. The first-order valence-corrected chi connectivity index (χ1v) is 12.0. The van der Waals surface area contributed by atoms with E-state index >= 15 is 0 Å². The van der Waals surface area contributed by atoms with E-state index in [0.717, 1.165) is 12.0 Å². The summed E-state index contributed by atoms with van der Waals surface area (Å²) >= 11 is 5.99. The number of halogens is 3. The van der Waals surface area contributed by atoms with E-state index in [0.29, 0.717) is 46.0 Å². The number of nitrogens with one attached hydrogen (secondary N) is 2. The van der Waals surface area contributed by atoms with Gasteiger partial charge >= 0.3 is 0 Å². The Morgan fingerprint density at radius 3 is 2.76 bits per heavy atom. The van der Waals surface area contributed by atoms with Gasteiger partial charge in [-0.2, -0.15) is 0 Å². The van der Waals surface area contributed by atoms with Crippen LogP contribution in [0.4, 0.5) is 20.4 Å². The summed E-state index contributed by atoms with van der Waals surface area (Å²) in [6.07, 6.45) is 3.66. The number of rotatable bonds is 5. The number of imidazole rings is 2. The summed E-state index contributed by atoms with van der Waals surface area (Å²) in [6.45, 7) is 1.32. The number of aromatic amines is 1. The molecule has 188 valence electrons. The molecule has 1 atom stereocenters. The van der Waals surface area contributed by atoms with E-state index in [9.17, 15) is 13.6 Å². The second-order valence-corrected chi connectivity index (χ2v) is 9.36. The Bertz CT molecular complexity index is 1650. The van der Waals surface area contributed by atoms with Crippen molar-refractivity contribution in [3.05, 3.63) is 77.2 Å². The minimum atomic E-state index is -0.498. The number of hydrogen-bond acceptors (Lipinski definition) is 5. The van der Waals surface area contributed by atoms with Gasteiger partial charge in [-0.15, -0.1) is 0 Å². The molecular weight excluding hydrogens is 502 g/mol. The molecule has 11 heteroatoms. The standard InChI is InChI=1S/C26H21ClF2N6O2/c1-37-19-4-5-34(12-19)23-10-18(29)11-35-13-22(30-24(23)35)25(36)33-26-31-20-3-2-14(8-21(20)32-26)15-6-16(27)9-17(28)7-15/h2-3,6-11,13,19H,4-5,12H2,1H3,(H2,31,32,33,36)/t19-/m1/s1. The molecule has 1 saturated heterocycles. The molecule has 0 aliphatic carbocycles. The third-order valence-corrected chi connectivity index (χ3v) is 6.68. The molecule has 0 radical (unpaired) electrons. The molecule has 5 aromatic rings. The normalized spacial score (nSPS) is 15.7. The number of H-pyrrole nitrogens is 1. The van der Waals surface area contributed by atoms with Gasteiger partial charge in [0.25, 0.3) is 5.91 Å². The van der Waals surface area contributed by atoms with Gasteiger partial charge in [0, 0.05) is 43.7 Å². The number of nitrogens with zero attached hydrogens (tertiary/aromatic N) is 4. The van der Waals surface area contributed by atoms with E-state index in [1.807, 2.05) is 11.0 Å². The van der Waals surface area contributed by atoms with Crippen LogP contribution in [0.2, 0.25) is 5.02 Å². The zero-order valence-corrected chi connectivity index (χ0v) is 20.4. The highest BCUT2D eigenvalue weighted by Gasteiger charge is 2.26. The van der Waals surface area contributed by atoms with Crippen LogP contribution in [0, 0.1) is 11.6 Å². The fourth-order valence-corrected chi connectivity index (χ4v) is 4.89. The van der Waals surface area contributed by atoms with Crippen molar-refractivity contribution in [3.8, 4) is 11.1 Å². The van der Waals surface area contributed by atoms with Crippen molar-refractivity contribution in [2.75, 3.05) is 30.4 Å². The van der Waals surface area contributed by atoms with Crippen molar-refractivity contribution in [3.63, 3.8) is 0 Å². The number of benzene rings is 2. The topological polar surface area (TPSA) is 87.5 Å². The van der Waals surface area contributed by atoms with Crippen LogP contribution in [0.1, 0.15) is 16.9 Å². The molecule has 1 amide bonds. The van der Waals surface area contributed by atoms with Gasteiger partial charge in [-0.1, -0.05) is 17.7 Å². The molecule has 6 rings (SSSR count). The Balaban J connectivity index is 1.27. The second kappa shape index (κ2) is 9.13. The molecule has 4 heterocycles. The first kappa shape index (κ1) is 23.4. The fourth-order valence-electron chi connectivity index (χ4n) is 4.66. The summed E-state index contributed by atoms with van der Waals surface area (Å²) in [7, 11) is 1.66. The van der Waals surface area contributed by atoms with Gasteiger partial charge in [0.1, 0.15) is 17.3 Å². The molecule has 0 saturated carbocycles. The summed E-state index contributed by atoms with van der Waals surface area (Å²) in [4.78, 5) is 27.0. The zero-order chi connectivity index (χ0) is 25.7. The summed E-state index contributed by atoms with van der Waals surface area (Å²) in [5.41, 5.74) is 3.80. The molecule has 1 aliphatic heterocycles. The van der Waals surface area contributed by atoms with E-state index in [4.69, 9.17) is 16.3 Å². The number of amides is 1. The highest BCUT2D eigenvalue weighted by molar-refractivity contribution is 6.30. The molecule has 2 aromatic carbocycles. The molecule has 0 spiro atoms. The molecule has 1 fully saturated rings. The van der Waals surface area contributed by atoms with Crippen molar-refractivity contribution in [2.24, 2.45) is 0 Å². The van der Waals surface area contributed by atoms with Crippen LogP contribution in [0.5, 0.6) is 0 Å². The molecule has 3 aromatic heterocycles. The largest absolute Gasteiger partial charge is 0.380 e. The number of hydrogen-bond donors (Lipinski definition) is 2. The van der Waals surface area contributed by atoms with Crippen molar-refractivity contribution in [2.45, 2.75) is 12.5 Å². The summed E-state index contributed by atoms with van der Waals surface area (Å²) < 4.78 is 35.1. The first-order chi connectivity index (χ1) is 17.9. The SMILES string of the molecule is CO[C@@H]1CCN(c2cc(F)cn3cc(C(=O)Nc4nc5cc(-c6cc(F)cc(Cl)c6)ccc5[nH]4)nc23)C1. The van der Waals surface area contributed by atoms with E-state index in [1.54, 1.807) is 25.3 Å². The third-order valence-electron chi connectivity index (χ3n) is 6.46. The Kier molecular flexibility index (Phi) is 5.77. The van der Waals surface area contributed by atoms with Crippen molar-refractivity contribution < 1.29 is 18.3 Å². The Labute approximate surface area is 214 Å². The smallest absolute Gasteiger partial charge is 0.278 e. The number of methoxy groups -OCH3 is 1. The van der Waals surface area contributed by atoms with Crippen molar-refractivity contribution in [1.82, 2.24) is 19.4 Å². The molecule has 2 N–H and O–H groups in total. The van der Waals surface area contributed by atoms with Gasteiger partial charge < -0.3 is 19.0 Å². The van der Waals surface area contributed by atoms with Gasteiger partial charge in [0.2, 0.25) is 5.95 Å². The molecule has 0 unspecified atom stereocenters. The Morgan fingerprint density at radius 1 is 1.11 bits per heavy atom. The van der Waals surface area contributed by atoms with Crippen LogP contribution in [0.15, 0.2) is 54.9 Å². The molecule has 0 bridgehead atoms. The first-order valence-electron chi connectivity index (χ1n) is 11.6. The van der Waals surface area contributed by atoms with Crippen LogP contribution in [0.3, 0.4) is 0 Å². The molecule has 37 heavy (non-hydrogen) atoms. The zero-order valence-electron chi connectivity index (χ0n) is 19.6. The van der Waals surface area contributed by atoms with E-state index in [2.05, 4.69) is 20.3 Å². The van der Waals surface area contributed by atoms with Gasteiger partial charge in [0.05, 0.1) is 22.8 Å². The maximum atomic E-state index is 14.4. The number of carbonyl (C=O) groups excluding carboxylic acids is 1. The molecule has 8 nitrogen and oxygen atoms in total. The number of anilines is 2. The lowest BCUT2D eigenvalue weighted by atomic mass is 10.1. The minimum absolute atomic E-state index is 0.0625. The molecule has 1 aliphatic rings. The summed E-state index contributed by atoms with van der Waals surface area (Å²) in [5, 5.41) is 3.01. The van der Waals surface area contributed by atoms with Gasteiger partial charge in [0.15, 0.2) is 5.65 Å². The quantitative estimate of drug-likeness (QED) is 0.328. The number of ether oxygens (including phenoxy) is 1. The lowest BCUT2D eigenvalue weighted by Crippen LogP contribution is -2.23. The highest BCUT2D eigenvalue weighted by Crippen LogP contribution is 2.29. The lowest BCUT2D eigenvalue weighted by Gasteiger charge is -2.19. The summed E-state index contributed by atoms with van der Waals surface area (Å²) in [5.74, 6) is -1.14. The van der Waals surface area contributed by atoms with Gasteiger partial charge in [-0.05, 0) is 47.9 Å². The number of carbonyl (C=O) groups is 1. The van der Waals surface area contributed by atoms with Crippen molar-refractivity contribution in [1.29, 1.82) is 0 Å². The van der Waals surface area contributed by atoms with Crippen LogP contribution in [-0.2, 0) is 4.74 Å². The fraction of sp³-hybridized carbons (Fsp3) is 0.192. The predicted octanol–water partition coefficient (Wildman–Crippen LogP) is 5.29. The van der Waals surface area contributed by atoms with Crippen molar-refractivity contribution >= 4 is 45.8 Å². The monoisotopic (exact) mass is 522 g/mol. The Morgan fingerprint density at radius 2 is 1.97 bits per heavy atom. The molecular formula is C26H21ClF2N6O2. The lowest BCUT2D eigenvalue weighted by molar-refractivity contribution is 0.102. The van der Waals surface area contributed by atoms with E-state index < -0.39 is 17.5 Å². The Hall–Kier alpha value is -4.02. The van der Waals surface area contributed by atoms with Crippen LogP contribution >= 0.6 is 11.6 Å². The van der Waals surface area contributed by atoms with E-state index in [-0.39, 0.29) is 17.7 Å². The average molecular weight is 523 g/mol. The van der Waals surface area contributed by atoms with Crippen LogP contribution in [0.25, 0.3) is 27.8 Å². The van der Waals surface area contributed by atoms with Crippen LogP contribution in [-0.4, -0.2) is 51.6 Å². The van der Waals surface area contributed by atoms with E-state index in [1.165, 1.54) is 35.0 Å². The number of aromatic nitrogens is 4. The maximum absolute atomic E-state index is 14.4.